The molecule has 3 N–H and O–H groups in total. The summed E-state index contributed by atoms with van der Waals surface area (Å²) in [5.41, 5.74) is 10.3. The van der Waals surface area contributed by atoms with Gasteiger partial charge in [0, 0.05) is 17.3 Å². The first-order valence-electron chi connectivity index (χ1n) is 8.46. The molecular formula is C19H20N4OS. The second kappa shape index (κ2) is 6.11. The molecule has 4 rings (SSSR count). The summed E-state index contributed by atoms with van der Waals surface area (Å²) in [4.78, 5) is 22.9. The van der Waals surface area contributed by atoms with Crippen LogP contribution in [0.1, 0.15) is 39.8 Å². The summed E-state index contributed by atoms with van der Waals surface area (Å²) >= 11 is 1.35. The summed E-state index contributed by atoms with van der Waals surface area (Å²) in [6, 6.07) is 5.85. The van der Waals surface area contributed by atoms with E-state index in [1.54, 1.807) is 6.20 Å². The molecule has 0 fully saturated rings. The first-order valence-corrected chi connectivity index (χ1v) is 9.27. The number of anilines is 2. The molecule has 0 saturated carbocycles. The van der Waals surface area contributed by atoms with Crippen molar-refractivity contribution in [1.29, 1.82) is 0 Å². The number of pyridine rings is 2. The lowest BCUT2D eigenvalue weighted by Gasteiger charge is -2.20. The fourth-order valence-electron chi connectivity index (χ4n) is 3.32. The number of aromatic nitrogens is 2. The molecule has 1 aliphatic rings. The minimum Gasteiger partial charge on any atom is -0.397 e. The molecule has 0 radical (unpaired) electrons. The average molecular weight is 352 g/mol. The smallest absolute Gasteiger partial charge is 0.269 e. The molecule has 3 heterocycles. The number of nitrogens with one attached hydrogen (secondary N) is 1. The maximum atomic E-state index is 12.6. The van der Waals surface area contributed by atoms with E-state index in [0.29, 0.717) is 22.3 Å². The summed E-state index contributed by atoms with van der Waals surface area (Å²) in [6.07, 6.45) is 4.87. The number of carbonyl (C=O) groups is 1. The van der Waals surface area contributed by atoms with Gasteiger partial charge in [0.15, 0.2) is 0 Å². The minimum atomic E-state index is -0.232. The Balaban J connectivity index is 1.70. The van der Waals surface area contributed by atoms with E-state index in [1.165, 1.54) is 23.3 Å². The summed E-state index contributed by atoms with van der Waals surface area (Å²) in [7, 11) is 0. The van der Waals surface area contributed by atoms with Gasteiger partial charge in [0.05, 0.1) is 5.69 Å². The summed E-state index contributed by atoms with van der Waals surface area (Å²) in [6.45, 7) is 4.22. The molecule has 6 heteroatoms. The second-order valence-corrected chi connectivity index (χ2v) is 7.81. The summed E-state index contributed by atoms with van der Waals surface area (Å²) in [5.74, 6) is 0.967. The fraction of sp³-hybridized carbons (Fsp3) is 0.316. The van der Waals surface area contributed by atoms with E-state index in [0.717, 1.165) is 34.3 Å². The monoisotopic (exact) mass is 352 g/mol. The zero-order chi connectivity index (χ0) is 17.6. The van der Waals surface area contributed by atoms with Crippen LogP contribution in [0, 0.1) is 12.8 Å². The van der Waals surface area contributed by atoms with Gasteiger partial charge in [0.25, 0.3) is 5.91 Å². The summed E-state index contributed by atoms with van der Waals surface area (Å²) in [5, 5.41) is 3.72. The molecule has 3 aromatic heterocycles. The number of carbonyl (C=O) groups excluding carboxylic acids is 1. The van der Waals surface area contributed by atoms with Crippen molar-refractivity contribution in [3.05, 3.63) is 46.1 Å². The average Bonchev–Trinajstić information content (AvgIpc) is 2.89. The number of nitrogens with two attached hydrogens (primary N) is 1. The molecule has 1 unspecified atom stereocenters. The van der Waals surface area contributed by atoms with Gasteiger partial charge in [0.1, 0.15) is 15.5 Å². The Hall–Kier alpha value is -2.47. The molecule has 1 amide bonds. The van der Waals surface area contributed by atoms with Crippen molar-refractivity contribution in [1.82, 2.24) is 9.97 Å². The van der Waals surface area contributed by atoms with Gasteiger partial charge in [-0.3, -0.25) is 4.79 Å². The highest BCUT2D eigenvalue weighted by Crippen LogP contribution is 2.36. The van der Waals surface area contributed by atoms with E-state index in [-0.39, 0.29) is 5.91 Å². The molecule has 1 aliphatic carbocycles. The SMILES string of the molecule is Cc1ccnc(NC(=O)c2sc3nc4c(cc3c2N)CC(C)CC4)c1. The molecule has 0 bridgehead atoms. The Kier molecular flexibility index (Phi) is 3.92. The first-order chi connectivity index (χ1) is 12.0. The molecule has 0 spiro atoms. The molecule has 0 saturated heterocycles. The highest BCUT2D eigenvalue weighted by molar-refractivity contribution is 7.21. The third-order valence-electron chi connectivity index (χ3n) is 4.70. The largest absolute Gasteiger partial charge is 0.397 e. The zero-order valence-corrected chi connectivity index (χ0v) is 15.1. The molecule has 1 atom stereocenters. The van der Waals surface area contributed by atoms with Gasteiger partial charge in [0.2, 0.25) is 0 Å². The summed E-state index contributed by atoms with van der Waals surface area (Å²) < 4.78 is 0. The minimum absolute atomic E-state index is 0.232. The normalized spacial score (nSPS) is 16.6. The molecule has 25 heavy (non-hydrogen) atoms. The van der Waals surface area contributed by atoms with Crippen molar-refractivity contribution in [2.75, 3.05) is 11.1 Å². The van der Waals surface area contributed by atoms with Crippen LogP contribution in [0.3, 0.4) is 0 Å². The van der Waals surface area contributed by atoms with E-state index >= 15 is 0 Å². The van der Waals surface area contributed by atoms with Crippen molar-refractivity contribution in [3.8, 4) is 0 Å². The quantitative estimate of drug-likeness (QED) is 0.731. The number of aryl methyl sites for hydroxylation is 2. The third-order valence-corrected chi connectivity index (χ3v) is 5.81. The highest BCUT2D eigenvalue weighted by atomic mass is 32.1. The Morgan fingerprint density at radius 1 is 1.40 bits per heavy atom. The molecule has 3 aromatic rings. The molecule has 5 nitrogen and oxygen atoms in total. The van der Waals surface area contributed by atoms with Crippen LogP contribution in [0.25, 0.3) is 10.2 Å². The van der Waals surface area contributed by atoms with Crippen LogP contribution in [-0.2, 0) is 12.8 Å². The predicted molar refractivity (Wildman–Crippen MR) is 102 cm³/mol. The van der Waals surface area contributed by atoms with Crippen LogP contribution in [0.2, 0.25) is 0 Å². The molecule has 128 valence electrons. The zero-order valence-electron chi connectivity index (χ0n) is 14.3. The van der Waals surface area contributed by atoms with Crippen molar-refractivity contribution >= 4 is 39.0 Å². The predicted octanol–water partition coefficient (Wildman–Crippen LogP) is 3.96. The number of hydrogen-bond donors (Lipinski definition) is 2. The van der Waals surface area contributed by atoms with Gasteiger partial charge in [-0.05, 0) is 61.4 Å². The highest BCUT2D eigenvalue weighted by Gasteiger charge is 2.22. The van der Waals surface area contributed by atoms with E-state index in [2.05, 4.69) is 23.3 Å². The molecule has 0 aromatic carbocycles. The standard InChI is InChI=1S/C19H20N4OS/c1-10-3-4-14-12(7-10)9-13-16(20)17(25-19(13)22-14)18(24)23-15-8-11(2)5-6-21-15/h5-6,8-10H,3-4,7,20H2,1-2H3,(H,21,23,24). The first kappa shape index (κ1) is 16.0. The number of nitrogen functional groups attached to an aromatic ring is 1. The molecule has 0 aliphatic heterocycles. The number of hydrogen-bond acceptors (Lipinski definition) is 5. The van der Waals surface area contributed by atoms with Crippen LogP contribution in [-0.4, -0.2) is 15.9 Å². The Morgan fingerprint density at radius 2 is 2.24 bits per heavy atom. The van der Waals surface area contributed by atoms with Crippen molar-refractivity contribution < 1.29 is 4.79 Å². The van der Waals surface area contributed by atoms with Crippen molar-refractivity contribution in [3.63, 3.8) is 0 Å². The van der Waals surface area contributed by atoms with E-state index < -0.39 is 0 Å². The number of amides is 1. The number of nitrogens with zero attached hydrogens (tertiary/aromatic N) is 2. The Bertz CT molecular complexity index is 979. The lowest BCUT2D eigenvalue weighted by molar-refractivity contribution is 0.103. The van der Waals surface area contributed by atoms with E-state index in [4.69, 9.17) is 10.7 Å². The van der Waals surface area contributed by atoms with Crippen molar-refractivity contribution in [2.24, 2.45) is 5.92 Å². The van der Waals surface area contributed by atoms with Gasteiger partial charge in [-0.2, -0.15) is 0 Å². The lowest BCUT2D eigenvalue weighted by Crippen LogP contribution is -2.13. The van der Waals surface area contributed by atoms with Crippen LogP contribution < -0.4 is 11.1 Å². The van der Waals surface area contributed by atoms with Gasteiger partial charge in [-0.15, -0.1) is 11.3 Å². The Labute approximate surface area is 150 Å². The van der Waals surface area contributed by atoms with Gasteiger partial charge < -0.3 is 11.1 Å². The maximum Gasteiger partial charge on any atom is 0.269 e. The Morgan fingerprint density at radius 3 is 3.04 bits per heavy atom. The molecular weight excluding hydrogens is 332 g/mol. The number of rotatable bonds is 2. The second-order valence-electron chi connectivity index (χ2n) is 6.81. The van der Waals surface area contributed by atoms with Gasteiger partial charge in [-0.25, -0.2) is 9.97 Å². The third kappa shape index (κ3) is 2.98. The van der Waals surface area contributed by atoms with E-state index in [9.17, 15) is 4.79 Å². The maximum absolute atomic E-state index is 12.6. The topological polar surface area (TPSA) is 80.9 Å². The van der Waals surface area contributed by atoms with E-state index in [1.807, 2.05) is 19.1 Å². The fourth-order valence-corrected chi connectivity index (χ4v) is 4.31. The van der Waals surface area contributed by atoms with Gasteiger partial charge in [-0.1, -0.05) is 6.92 Å². The lowest BCUT2D eigenvalue weighted by atomic mass is 9.87. The van der Waals surface area contributed by atoms with Crippen LogP contribution >= 0.6 is 11.3 Å². The van der Waals surface area contributed by atoms with Crippen molar-refractivity contribution in [2.45, 2.75) is 33.1 Å². The van der Waals surface area contributed by atoms with Gasteiger partial charge >= 0.3 is 0 Å². The number of thiophene rings is 1. The van der Waals surface area contributed by atoms with Crippen LogP contribution in [0.5, 0.6) is 0 Å². The van der Waals surface area contributed by atoms with Crippen LogP contribution in [0.4, 0.5) is 11.5 Å². The number of fused-ring (bicyclic) bond motifs is 2. The van der Waals surface area contributed by atoms with Crippen LogP contribution in [0.15, 0.2) is 24.4 Å².